The number of benzene rings is 1. The van der Waals surface area contributed by atoms with Gasteiger partial charge < -0.3 is 0 Å². The lowest BCUT2D eigenvalue weighted by Crippen LogP contribution is -2.44. The Morgan fingerprint density at radius 2 is 1.52 bits per heavy atom. The van der Waals surface area contributed by atoms with E-state index >= 15 is 0 Å². The quantitative estimate of drug-likeness (QED) is 0.506. The minimum absolute atomic E-state index is 0.126. The molecule has 0 nitrogen and oxygen atoms in total. The minimum atomic E-state index is -4.28. The molecule has 0 aliphatic heterocycles. The second-order valence-corrected chi connectivity index (χ2v) is 5.47. The number of aryl methyl sites for hydroxylation is 1. The molecule has 0 saturated carbocycles. The maximum Gasteiger partial charge on any atom is 0.346 e. The van der Waals surface area contributed by atoms with Crippen LogP contribution in [0, 0.1) is 11.8 Å². The molecule has 0 aromatic heterocycles. The zero-order chi connectivity index (χ0) is 17.1. The number of rotatable bonds is 3. The molecule has 0 saturated heterocycles. The smallest absolute Gasteiger partial charge is 0.194 e. The highest BCUT2D eigenvalue weighted by Gasteiger charge is 2.61. The topological polar surface area (TPSA) is 0 Å². The van der Waals surface area contributed by atoms with E-state index in [1.165, 1.54) is 6.92 Å². The third kappa shape index (κ3) is 3.34. The predicted octanol–water partition coefficient (Wildman–Crippen LogP) is 5.54. The molecule has 122 valence electrons. The third-order valence-electron chi connectivity index (χ3n) is 3.80. The highest BCUT2D eigenvalue weighted by atomic mass is 19.3. The van der Waals surface area contributed by atoms with E-state index in [1.807, 2.05) is 12.1 Å². The predicted molar refractivity (Wildman–Crippen MR) is 83.7 cm³/mol. The number of halogens is 4. The molecule has 0 fully saturated rings. The van der Waals surface area contributed by atoms with Crippen molar-refractivity contribution in [2.24, 2.45) is 0 Å². The van der Waals surface area contributed by atoms with Gasteiger partial charge in [-0.1, -0.05) is 50.3 Å². The van der Waals surface area contributed by atoms with Crippen molar-refractivity contribution in [1.82, 2.24) is 0 Å². The summed E-state index contributed by atoms with van der Waals surface area (Å²) in [6.07, 6.45) is 3.85. The van der Waals surface area contributed by atoms with E-state index in [0.29, 0.717) is 5.56 Å². The van der Waals surface area contributed by atoms with Gasteiger partial charge in [-0.3, -0.25) is 0 Å². The van der Waals surface area contributed by atoms with Gasteiger partial charge in [-0.15, -0.1) is 0 Å². The second kappa shape index (κ2) is 6.62. The van der Waals surface area contributed by atoms with Gasteiger partial charge in [0.1, 0.15) is 0 Å². The lowest BCUT2D eigenvalue weighted by Gasteiger charge is -2.30. The van der Waals surface area contributed by atoms with Gasteiger partial charge in [-0.05, 0) is 36.6 Å². The second-order valence-electron chi connectivity index (χ2n) is 5.47. The number of allylic oxidation sites excluding steroid dienone is 4. The molecule has 0 spiro atoms. The molecule has 2 rings (SSSR count). The molecule has 1 aromatic rings. The molecule has 1 aliphatic rings. The lowest BCUT2D eigenvalue weighted by molar-refractivity contribution is -0.161. The van der Waals surface area contributed by atoms with Gasteiger partial charge in [-0.2, -0.15) is 17.6 Å². The molecule has 0 unspecified atom stereocenters. The molecule has 0 radical (unpaired) electrons. The van der Waals surface area contributed by atoms with Gasteiger partial charge >= 0.3 is 11.8 Å². The Morgan fingerprint density at radius 3 is 2.09 bits per heavy atom. The highest BCUT2D eigenvalue weighted by molar-refractivity contribution is 5.50. The zero-order valence-corrected chi connectivity index (χ0v) is 13.1. The average Bonchev–Trinajstić information content (AvgIpc) is 2.51. The summed E-state index contributed by atoms with van der Waals surface area (Å²) >= 11 is 0. The number of hydrogen-bond donors (Lipinski definition) is 0. The molecule has 0 heterocycles. The maximum atomic E-state index is 14.0. The van der Waals surface area contributed by atoms with Crippen molar-refractivity contribution in [3.8, 4) is 11.8 Å². The first-order valence-electron chi connectivity index (χ1n) is 7.61. The van der Waals surface area contributed by atoms with E-state index in [2.05, 4.69) is 18.8 Å². The summed E-state index contributed by atoms with van der Waals surface area (Å²) in [6.45, 7) is 3.49. The largest absolute Gasteiger partial charge is 0.346 e. The first-order chi connectivity index (χ1) is 10.8. The van der Waals surface area contributed by atoms with E-state index in [9.17, 15) is 17.6 Å². The van der Waals surface area contributed by atoms with E-state index in [-0.39, 0.29) is 6.42 Å². The zero-order valence-electron chi connectivity index (χ0n) is 13.1. The standard InChI is InChI=1S/C19H18F4/c1-3-5-14-6-8-15(9-7-14)10-11-17-13-12-16(4-2)18(20,21)19(17,22)23/h6-9,12-13H,3-5H2,1-2H3. The van der Waals surface area contributed by atoms with Crippen LogP contribution in [-0.4, -0.2) is 11.8 Å². The first-order valence-corrected chi connectivity index (χ1v) is 7.61. The van der Waals surface area contributed by atoms with E-state index in [1.54, 1.807) is 12.1 Å². The summed E-state index contributed by atoms with van der Waals surface area (Å²) in [6, 6.07) is 7.16. The summed E-state index contributed by atoms with van der Waals surface area (Å²) in [7, 11) is 0. The van der Waals surface area contributed by atoms with Crippen LogP contribution in [0.15, 0.2) is 47.6 Å². The minimum Gasteiger partial charge on any atom is -0.194 e. The van der Waals surface area contributed by atoms with Crippen molar-refractivity contribution in [3.05, 3.63) is 58.7 Å². The van der Waals surface area contributed by atoms with Gasteiger partial charge in [0.05, 0.1) is 5.57 Å². The van der Waals surface area contributed by atoms with Crippen molar-refractivity contribution in [2.45, 2.75) is 45.0 Å². The molecule has 0 atom stereocenters. The van der Waals surface area contributed by atoms with Gasteiger partial charge in [0.2, 0.25) is 0 Å². The maximum absolute atomic E-state index is 14.0. The molecule has 0 bridgehead atoms. The van der Waals surface area contributed by atoms with E-state index in [0.717, 1.165) is 30.6 Å². The van der Waals surface area contributed by atoms with Crippen LogP contribution in [0.1, 0.15) is 37.8 Å². The highest BCUT2D eigenvalue weighted by Crippen LogP contribution is 2.47. The van der Waals surface area contributed by atoms with Crippen LogP contribution in [0.2, 0.25) is 0 Å². The normalized spacial score (nSPS) is 18.5. The number of hydrogen-bond acceptors (Lipinski definition) is 0. The van der Waals surface area contributed by atoms with Crippen molar-refractivity contribution >= 4 is 0 Å². The van der Waals surface area contributed by atoms with Crippen molar-refractivity contribution in [3.63, 3.8) is 0 Å². The molecule has 23 heavy (non-hydrogen) atoms. The molecule has 0 N–H and O–H groups in total. The van der Waals surface area contributed by atoms with Crippen LogP contribution in [-0.2, 0) is 6.42 Å². The van der Waals surface area contributed by atoms with Crippen molar-refractivity contribution < 1.29 is 17.6 Å². The monoisotopic (exact) mass is 322 g/mol. The third-order valence-corrected chi connectivity index (χ3v) is 3.80. The average molecular weight is 322 g/mol. The molecule has 4 heteroatoms. The Kier molecular flexibility index (Phi) is 4.99. The first kappa shape index (κ1) is 17.3. The Bertz CT molecular complexity index is 682. The Balaban J connectivity index is 2.29. The van der Waals surface area contributed by atoms with Gasteiger partial charge in [0.15, 0.2) is 0 Å². The molecular formula is C19H18F4. The summed E-state index contributed by atoms with van der Waals surface area (Å²) < 4.78 is 55.6. The molecule has 0 amide bonds. The van der Waals surface area contributed by atoms with Crippen LogP contribution < -0.4 is 0 Å². The Hall–Kier alpha value is -2.02. The van der Waals surface area contributed by atoms with Gasteiger partial charge in [0.25, 0.3) is 0 Å². The summed E-state index contributed by atoms with van der Waals surface area (Å²) in [5.41, 5.74) is 0.228. The van der Waals surface area contributed by atoms with Crippen LogP contribution in [0.3, 0.4) is 0 Å². The lowest BCUT2D eigenvalue weighted by atomic mass is 9.89. The van der Waals surface area contributed by atoms with Crippen LogP contribution in [0.4, 0.5) is 17.6 Å². The summed E-state index contributed by atoms with van der Waals surface area (Å²) in [5, 5.41) is 0. The number of alkyl halides is 4. The summed E-state index contributed by atoms with van der Waals surface area (Å²) in [5.74, 6) is -3.70. The van der Waals surface area contributed by atoms with Crippen molar-refractivity contribution in [1.29, 1.82) is 0 Å². The van der Waals surface area contributed by atoms with Crippen LogP contribution in [0.25, 0.3) is 0 Å². The van der Waals surface area contributed by atoms with Crippen LogP contribution >= 0.6 is 0 Å². The fraction of sp³-hybridized carbons (Fsp3) is 0.368. The van der Waals surface area contributed by atoms with Gasteiger partial charge in [0, 0.05) is 11.1 Å². The van der Waals surface area contributed by atoms with Crippen LogP contribution in [0.5, 0.6) is 0 Å². The Labute approximate surface area is 133 Å². The molecule has 1 aliphatic carbocycles. The van der Waals surface area contributed by atoms with E-state index < -0.39 is 23.0 Å². The molecular weight excluding hydrogens is 304 g/mol. The summed E-state index contributed by atoms with van der Waals surface area (Å²) in [4.78, 5) is 0. The van der Waals surface area contributed by atoms with Gasteiger partial charge in [-0.25, -0.2) is 0 Å². The fourth-order valence-electron chi connectivity index (χ4n) is 2.41. The Morgan fingerprint density at radius 1 is 0.870 bits per heavy atom. The molecule has 1 aromatic carbocycles. The van der Waals surface area contributed by atoms with Crippen molar-refractivity contribution in [2.75, 3.05) is 0 Å². The SMILES string of the molecule is CCCc1ccc(C#CC2=CC=C(CC)C(F)(F)C2(F)F)cc1. The fourth-order valence-corrected chi connectivity index (χ4v) is 2.41. The van der Waals surface area contributed by atoms with E-state index in [4.69, 9.17) is 0 Å².